The van der Waals surface area contributed by atoms with Crippen LogP contribution in [0.4, 0.5) is 4.79 Å². The van der Waals surface area contributed by atoms with Crippen LogP contribution in [0.25, 0.3) is 0 Å². The van der Waals surface area contributed by atoms with Gasteiger partial charge in [0.1, 0.15) is 6.04 Å². The van der Waals surface area contributed by atoms with Crippen molar-refractivity contribution in [3.05, 3.63) is 21.9 Å². The van der Waals surface area contributed by atoms with Gasteiger partial charge in [-0.25, -0.2) is 9.59 Å². The Hall–Kier alpha value is -2.09. The normalized spacial score (nSPS) is 11.7. The molecule has 0 fully saturated rings. The maximum Gasteiger partial charge on any atom is 0.326 e. The Kier molecular flexibility index (Phi) is 5.98. The first kappa shape index (κ1) is 16.0. The number of carboxylic acids is 2. The van der Waals surface area contributed by atoms with Gasteiger partial charge in [0.15, 0.2) is 0 Å². The first-order chi connectivity index (χ1) is 9.38. The fourth-order valence-electron chi connectivity index (χ4n) is 1.48. The summed E-state index contributed by atoms with van der Waals surface area (Å²) in [5.74, 6) is -2.36. The lowest BCUT2D eigenvalue weighted by Crippen LogP contribution is -2.45. The van der Waals surface area contributed by atoms with Crippen molar-refractivity contribution in [3.8, 4) is 0 Å². The molecule has 0 radical (unpaired) electrons. The number of amides is 2. The van der Waals surface area contributed by atoms with Crippen molar-refractivity contribution in [2.45, 2.75) is 32.4 Å². The van der Waals surface area contributed by atoms with Crippen LogP contribution in [0.2, 0.25) is 0 Å². The molecular formula is C12H16N2O5S. The summed E-state index contributed by atoms with van der Waals surface area (Å²) in [5, 5.41) is 22.2. The van der Waals surface area contributed by atoms with Crippen LogP contribution in [-0.2, 0) is 16.1 Å². The molecular weight excluding hydrogens is 284 g/mol. The fraction of sp³-hybridized carbons (Fsp3) is 0.417. The minimum absolute atomic E-state index is 0.157. The highest BCUT2D eigenvalue weighted by molar-refractivity contribution is 7.11. The number of carbonyl (C=O) groups is 3. The van der Waals surface area contributed by atoms with Gasteiger partial charge in [-0.05, 0) is 25.5 Å². The zero-order valence-corrected chi connectivity index (χ0v) is 11.7. The summed E-state index contributed by atoms with van der Waals surface area (Å²) in [6.45, 7) is 2.25. The maximum atomic E-state index is 11.6. The van der Waals surface area contributed by atoms with E-state index in [0.29, 0.717) is 6.54 Å². The van der Waals surface area contributed by atoms with Gasteiger partial charge in [-0.3, -0.25) is 4.79 Å². The van der Waals surface area contributed by atoms with Crippen LogP contribution in [0.5, 0.6) is 0 Å². The monoisotopic (exact) mass is 300 g/mol. The number of aryl methyl sites for hydroxylation is 1. The van der Waals surface area contributed by atoms with E-state index in [0.717, 1.165) is 9.75 Å². The van der Waals surface area contributed by atoms with Crippen molar-refractivity contribution in [3.63, 3.8) is 0 Å². The molecule has 0 saturated heterocycles. The number of nitrogens with one attached hydrogen (secondary N) is 2. The van der Waals surface area contributed by atoms with E-state index in [9.17, 15) is 14.4 Å². The highest BCUT2D eigenvalue weighted by Gasteiger charge is 2.20. The summed E-state index contributed by atoms with van der Waals surface area (Å²) >= 11 is 1.53. The molecule has 1 heterocycles. The average Bonchev–Trinajstić information content (AvgIpc) is 2.77. The van der Waals surface area contributed by atoms with Crippen molar-refractivity contribution in [2.75, 3.05) is 0 Å². The second-order valence-corrected chi connectivity index (χ2v) is 5.54. The number of hydrogen-bond donors (Lipinski definition) is 4. The molecule has 20 heavy (non-hydrogen) atoms. The van der Waals surface area contributed by atoms with Crippen molar-refractivity contribution in [1.82, 2.24) is 10.6 Å². The molecule has 0 aliphatic rings. The Morgan fingerprint density at radius 1 is 1.30 bits per heavy atom. The Bertz CT molecular complexity index is 500. The molecule has 4 N–H and O–H groups in total. The zero-order valence-electron chi connectivity index (χ0n) is 10.9. The maximum absolute atomic E-state index is 11.6. The third-order valence-electron chi connectivity index (χ3n) is 2.47. The molecule has 8 heteroatoms. The Morgan fingerprint density at radius 3 is 2.50 bits per heavy atom. The van der Waals surface area contributed by atoms with Crippen LogP contribution in [0.1, 0.15) is 22.6 Å². The third kappa shape index (κ3) is 5.70. The molecule has 0 aromatic carbocycles. The summed E-state index contributed by atoms with van der Waals surface area (Å²) in [4.78, 5) is 34.9. The van der Waals surface area contributed by atoms with Gasteiger partial charge in [0.2, 0.25) is 0 Å². The topological polar surface area (TPSA) is 116 Å². The van der Waals surface area contributed by atoms with E-state index in [-0.39, 0.29) is 12.8 Å². The average molecular weight is 300 g/mol. The largest absolute Gasteiger partial charge is 0.481 e. The molecule has 110 valence electrons. The van der Waals surface area contributed by atoms with Crippen LogP contribution >= 0.6 is 11.3 Å². The molecule has 0 bridgehead atoms. The van der Waals surface area contributed by atoms with Gasteiger partial charge in [0.05, 0.1) is 6.54 Å². The predicted octanol–water partition coefficient (Wildman–Crippen LogP) is 1.17. The van der Waals surface area contributed by atoms with Crippen molar-refractivity contribution in [2.24, 2.45) is 0 Å². The highest BCUT2D eigenvalue weighted by Crippen LogP contribution is 2.14. The lowest BCUT2D eigenvalue weighted by atomic mass is 10.1. The summed E-state index contributed by atoms with van der Waals surface area (Å²) in [5.41, 5.74) is 0. The van der Waals surface area contributed by atoms with Gasteiger partial charge in [0.25, 0.3) is 0 Å². The van der Waals surface area contributed by atoms with E-state index in [1.54, 1.807) is 0 Å². The Morgan fingerprint density at radius 2 is 2.00 bits per heavy atom. The summed E-state index contributed by atoms with van der Waals surface area (Å²) in [7, 11) is 0. The van der Waals surface area contributed by atoms with Crippen LogP contribution in [-0.4, -0.2) is 34.2 Å². The summed E-state index contributed by atoms with van der Waals surface area (Å²) in [6.07, 6.45) is -0.475. The van der Waals surface area contributed by atoms with Crippen molar-refractivity contribution < 1.29 is 24.6 Å². The molecule has 0 aliphatic heterocycles. The Balaban J connectivity index is 2.41. The van der Waals surface area contributed by atoms with Crippen LogP contribution < -0.4 is 10.6 Å². The van der Waals surface area contributed by atoms with Gasteiger partial charge >= 0.3 is 18.0 Å². The number of rotatable bonds is 7. The number of urea groups is 1. The SMILES string of the molecule is Cc1ccc(CNC(=O)NC(CCC(=O)O)C(=O)O)s1. The molecule has 1 unspecified atom stereocenters. The van der Waals surface area contributed by atoms with Gasteiger partial charge < -0.3 is 20.8 Å². The molecule has 1 rings (SSSR count). The fourth-order valence-corrected chi connectivity index (χ4v) is 2.31. The van der Waals surface area contributed by atoms with E-state index in [4.69, 9.17) is 10.2 Å². The van der Waals surface area contributed by atoms with Gasteiger partial charge in [-0.15, -0.1) is 11.3 Å². The first-order valence-electron chi connectivity index (χ1n) is 5.92. The minimum atomic E-state index is -1.26. The Labute approximate surface area is 119 Å². The number of hydrogen-bond acceptors (Lipinski definition) is 4. The standard InChI is InChI=1S/C12H16N2O5S/c1-7-2-3-8(20-7)6-13-12(19)14-9(11(17)18)4-5-10(15)16/h2-3,9H,4-6H2,1H3,(H,15,16)(H,17,18)(H2,13,14,19). The highest BCUT2D eigenvalue weighted by atomic mass is 32.1. The molecule has 7 nitrogen and oxygen atoms in total. The van der Waals surface area contributed by atoms with E-state index in [2.05, 4.69) is 10.6 Å². The molecule has 1 aromatic heterocycles. The lowest BCUT2D eigenvalue weighted by Gasteiger charge is -2.13. The van der Waals surface area contributed by atoms with Gasteiger partial charge in [0, 0.05) is 16.2 Å². The van der Waals surface area contributed by atoms with E-state index in [1.165, 1.54) is 11.3 Å². The predicted molar refractivity (Wildman–Crippen MR) is 72.7 cm³/mol. The number of thiophene rings is 1. The van der Waals surface area contributed by atoms with Gasteiger partial charge in [-0.2, -0.15) is 0 Å². The molecule has 0 aliphatic carbocycles. The van der Waals surface area contributed by atoms with E-state index < -0.39 is 24.0 Å². The number of carboxylic acid groups (broad SMARTS) is 2. The van der Waals surface area contributed by atoms with E-state index in [1.807, 2.05) is 19.1 Å². The third-order valence-corrected chi connectivity index (χ3v) is 3.47. The van der Waals surface area contributed by atoms with Gasteiger partial charge in [-0.1, -0.05) is 0 Å². The summed E-state index contributed by atoms with van der Waals surface area (Å²) < 4.78 is 0. The number of aliphatic carboxylic acids is 2. The summed E-state index contributed by atoms with van der Waals surface area (Å²) in [6, 6.07) is 1.95. The van der Waals surface area contributed by atoms with Crippen LogP contribution in [0.15, 0.2) is 12.1 Å². The number of carbonyl (C=O) groups excluding carboxylic acids is 1. The molecule has 1 atom stereocenters. The second-order valence-electron chi connectivity index (χ2n) is 4.16. The minimum Gasteiger partial charge on any atom is -0.481 e. The van der Waals surface area contributed by atoms with E-state index >= 15 is 0 Å². The molecule has 0 saturated carbocycles. The van der Waals surface area contributed by atoms with Crippen LogP contribution in [0.3, 0.4) is 0 Å². The second kappa shape index (κ2) is 7.49. The first-order valence-corrected chi connectivity index (χ1v) is 6.74. The van der Waals surface area contributed by atoms with Crippen LogP contribution in [0, 0.1) is 6.92 Å². The molecule has 2 amide bonds. The molecule has 0 spiro atoms. The van der Waals surface area contributed by atoms with Crippen molar-refractivity contribution >= 4 is 29.3 Å². The zero-order chi connectivity index (χ0) is 15.1. The quantitative estimate of drug-likeness (QED) is 0.603. The molecule has 1 aromatic rings. The smallest absolute Gasteiger partial charge is 0.326 e. The lowest BCUT2D eigenvalue weighted by molar-refractivity contribution is -0.140. The van der Waals surface area contributed by atoms with Crippen molar-refractivity contribution in [1.29, 1.82) is 0 Å².